The van der Waals surface area contributed by atoms with Gasteiger partial charge in [-0.25, -0.2) is 0 Å². The molecule has 2 aliphatic heterocycles. The van der Waals surface area contributed by atoms with Crippen molar-refractivity contribution in [2.45, 2.75) is 46.2 Å². The molecule has 2 saturated heterocycles. The maximum absolute atomic E-state index is 12.6. The van der Waals surface area contributed by atoms with Crippen molar-refractivity contribution in [1.82, 2.24) is 10.2 Å². The number of carbonyl (C=O) groups is 2. The molecule has 2 rings (SSSR count). The SMILES string of the molecule is CC1C(=O)NC(C(C)(C)C)C(=O)N1CC1CCOC1. The van der Waals surface area contributed by atoms with Gasteiger partial charge in [-0.15, -0.1) is 0 Å². The molecule has 5 nitrogen and oxygen atoms in total. The molecular weight excluding hydrogens is 244 g/mol. The largest absolute Gasteiger partial charge is 0.381 e. The first kappa shape index (κ1) is 14.3. The van der Waals surface area contributed by atoms with Crippen LogP contribution in [0.15, 0.2) is 0 Å². The van der Waals surface area contributed by atoms with E-state index in [9.17, 15) is 9.59 Å². The predicted molar refractivity (Wildman–Crippen MR) is 71.5 cm³/mol. The standard InChI is InChI=1S/C14H24N2O3/c1-9-12(17)15-11(14(2,3)4)13(18)16(9)7-10-5-6-19-8-10/h9-11H,5-8H2,1-4H3,(H,15,17). The molecule has 0 aromatic rings. The van der Waals surface area contributed by atoms with Crippen LogP contribution in [0.4, 0.5) is 0 Å². The fourth-order valence-corrected chi connectivity index (χ4v) is 2.66. The highest BCUT2D eigenvalue weighted by molar-refractivity contribution is 5.97. The topological polar surface area (TPSA) is 58.6 Å². The van der Waals surface area contributed by atoms with E-state index in [0.29, 0.717) is 19.1 Å². The van der Waals surface area contributed by atoms with Gasteiger partial charge >= 0.3 is 0 Å². The molecule has 5 heteroatoms. The van der Waals surface area contributed by atoms with Crippen LogP contribution in [0.1, 0.15) is 34.1 Å². The summed E-state index contributed by atoms with van der Waals surface area (Å²) in [7, 11) is 0. The second-order valence-corrected chi connectivity index (χ2v) is 6.70. The number of hydrogen-bond donors (Lipinski definition) is 1. The van der Waals surface area contributed by atoms with Crippen molar-refractivity contribution in [3.05, 3.63) is 0 Å². The van der Waals surface area contributed by atoms with Crippen LogP contribution in [0.5, 0.6) is 0 Å². The Bertz CT molecular complexity index is 369. The Kier molecular flexibility index (Phi) is 3.85. The highest BCUT2D eigenvalue weighted by Gasteiger charge is 2.44. The van der Waals surface area contributed by atoms with Gasteiger partial charge in [-0.1, -0.05) is 20.8 Å². The van der Waals surface area contributed by atoms with Gasteiger partial charge in [-0.3, -0.25) is 9.59 Å². The van der Waals surface area contributed by atoms with E-state index >= 15 is 0 Å². The number of hydrogen-bond acceptors (Lipinski definition) is 3. The molecule has 0 saturated carbocycles. The lowest BCUT2D eigenvalue weighted by molar-refractivity contribution is -0.152. The van der Waals surface area contributed by atoms with Crippen molar-refractivity contribution in [3.63, 3.8) is 0 Å². The fourth-order valence-electron chi connectivity index (χ4n) is 2.66. The fraction of sp³-hybridized carbons (Fsp3) is 0.857. The Morgan fingerprint density at radius 3 is 2.58 bits per heavy atom. The van der Waals surface area contributed by atoms with Gasteiger partial charge in [0.1, 0.15) is 12.1 Å². The highest BCUT2D eigenvalue weighted by Crippen LogP contribution is 2.26. The van der Waals surface area contributed by atoms with Crippen LogP contribution in [0.2, 0.25) is 0 Å². The molecule has 0 aromatic carbocycles. The van der Waals surface area contributed by atoms with Gasteiger partial charge in [0.25, 0.3) is 0 Å². The number of nitrogens with zero attached hydrogens (tertiary/aromatic N) is 1. The number of ether oxygens (including phenoxy) is 1. The van der Waals surface area contributed by atoms with Crippen LogP contribution >= 0.6 is 0 Å². The van der Waals surface area contributed by atoms with E-state index in [0.717, 1.165) is 13.0 Å². The zero-order valence-corrected chi connectivity index (χ0v) is 12.2. The maximum Gasteiger partial charge on any atom is 0.246 e. The molecule has 3 atom stereocenters. The van der Waals surface area contributed by atoms with E-state index in [2.05, 4.69) is 5.32 Å². The monoisotopic (exact) mass is 268 g/mol. The molecule has 1 N–H and O–H groups in total. The van der Waals surface area contributed by atoms with Gasteiger partial charge in [0, 0.05) is 19.1 Å². The third kappa shape index (κ3) is 2.91. The quantitative estimate of drug-likeness (QED) is 0.805. The minimum absolute atomic E-state index is 0.0338. The Morgan fingerprint density at radius 2 is 2.05 bits per heavy atom. The van der Waals surface area contributed by atoms with Crippen molar-refractivity contribution in [2.75, 3.05) is 19.8 Å². The summed E-state index contributed by atoms with van der Waals surface area (Å²) in [6.45, 7) is 9.80. The van der Waals surface area contributed by atoms with Gasteiger partial charge in [0.2, 0.25) is 11.8 Å². The van der Waals surface area contributed by atoms with Crippen molar-refractivity contribution in [1.29, 1.82) is 0 Å². The van der Waals surface area contributed by atoms with Crippen molar-refractivity contribution in [2.24, 2.45) is 11.3 Å². The third-order valence-corrected chi connectivity index (χ3v) is 4.01. The summed E-state index contributed by atoms with van der Waals surface area (Å²) in [5, 5.41) is 2.85. The highest BCUT2D eigenvalue weighted by atomic mass is 16.5. The zero-order valence-electron chi connectivity index (χ0n) is 12.2. The first-order chi connectivity index (χ1) is 8.80. The number of piperazine rings is 1. The number of carbonyl (C=O) groups excluding carboxylic acids is 2. The van der Waals surface area contributed by atoms with E-state index in [1.54, 1.807) is 11.8 Å². The Morgan fingerprint density at radius 1 is 1.37 bits per heavy atom. The molecule has 2 aliphatic rings. The first-order valence-electron chi connectivity index (χ1n) is 6.99. The van der Waals surface area contributed by atoms with Gasteiger partial charge in [0.05, 0.1) is 6.61 Å². The van der Waals surface area contributed by atoms with E-state index in [-0.39, 0.29) is 23.3 Å². The average molecular weight is 268 g/mol. The molecule has 108 valence electrons. The lowest BCUT2D eigenvalue weighted by Gasteiger charge is -2.43. The normalized spacial score (nSPS) is 32.6. The minimum atomic E-state index is -0.432. The van der Waals surface area contributed by atoms with Gasteiger partial charge < -0.3 is 15.0 Å². The lowest BCUT2D eigenvalue weighted by Crippen LogP contribution is -2.66. The number of amides is 2. The maximum atomic E-state index is 12.6. The second kappa shape index (κ2) is 5.12. The van der Waals surface area contributed by atoms with E-state index in [1.165, 1.54) is 0 Å². The number of rotatable bonds is 2. The third-order valence-electron chi connectivity index (χ3n) is 4.01. The lowest BCUT2D eigenvalue weighted by atomic mass is 9.83. The smallest absolute Gasteiger partial charge is 0.246 e. The summed E-state index contributed by atoms with van der Waals surface area (Å²) in [5.41, 5.74) is -0.267. The molecule has 0 aliphatic carbocycles. The van der Waals surface area contributed by atoms with Crippen molar-refractivity contribution in [3.8, 4) is 0 Å². The van der Waals surface area contributed by atoms with E-state index < -0.39 is 6.04 Å². The Hall–Kier alpha value is -1.10. The Labute approximate surface area is 114 Å². The number of nitrogens with one attached hydrogen (secondary N) is 1. The molecule has 2 amide bonds. The van der Waals surface area contributed by atoms with Gasteiger partial charge in [-0.05, 0) is 18.8 Å². The summed E-state index contributed by atoms with van der Waals surface area (Å²) in [6.07, 6.45) is 0.971. The molecule has 3 unspecified atom stereocenters. The van der Waals surface area contributed by atoms with E-state index in [4.69, 9.17) is 4.74 Å². The summed E-state index contributed by atoms with van der Waals surface area (Å²) < 4.78 is 5.35. The first-order valence-corrected chi connectivity index (χ1v) is 6.99. The van der Waals surface area contributed by atoms with Crippen LogP contribution in [0.3, 0.4) is 0 Å². The molecule has 2 heterocycles. The van der Waals surface area contributed by atoms with Crippen molar-refractivity contribution < 1.29 is 14.3 Å². The van der Waals surface area contributed by atoms with Crippen LogP contribution in [0, 0.1) is 11.3 Å². The molecule has 0 aromatic heterocycles. The van der Waals surface area contributed by atoms with Gasteiger partial charge in [-0.2, -0.15) is 0 Å². The van der Waals surface area contributed by atoms with Crippen LogP contribution in [-0.4, -0.2) is 48.6 Å². The van der Waals surface area contributed by atoms with Crippen molar-refractivity contribution >= 4 is 11.8 Å². The molecule has 19 heavy (non-hydrogen) atoms. The molecule has 2 fully saturated rings. The Balaban J connectivity index is 2.14. The van der Waals surface area contributed by atoms with Gasteiger partial charge in [0.15, 0.2) is 0 Å². The average Bonchev–Trinajstić information content (AvgIpc) is 2.80. The van der Waals surface area contributed by atoms with Crippen LogP contribution in [-0.2, 0) is 14.3 Å². The molecule has 0 radical (unpaired) electrons. The summed E-state index contributed by atoms with van der Waals surface area (Å²) in [5.74, 6) is 0.336. The van der Waals surface area contributed by atoms with E-state index in [1.807, 2.05) is 20.8 Å². The molecule has 0 bridgehead atoms. The molecule has 0 spiro atoms. The predicted octanol–water partition coefficient (Wildman–Crippen LogP) is 0.785. The van der Waals surface area contributed by atoms with Crippen LogP contribution in [0.25, 0.3) is 0 Å². The minimum Gasteiger partial charge on any atom is -0.381 e. The van der Waals surface area contributed by atoms with Crippen LogP contribution < -0.4 is 5.32 Å². The zero-order chi connectivity index (χ0) is 14.2. The summed E-state index contributed by atoms with van der Waals surface area (Å²) >= 11 is 0. The molecular formula is C14H24N2O3. The summed E-state index contributed by atoms with van der Waals surface area (Å²) in [4.78, 5) is 26.4. The summed E-state index contributed by atoms with van der Waals surface area (Å²) in [6, 6.07) is -0.815. The second-order valence-electron chi connectivity index (χ2n) is 6.70.